The predicted octanol–water partition coefficient (Wildman–Crippen LogP) is 4.79. The lowest BCUT2D eigenvalue weighted by molar-refractivity contribution is 0.587. The van der Waals surface area contributed by atoms with Crippen LogP contribution in [-0.4, -0.2) is 9.54 Å². The van der Waals surface area contributed by atoms with Crippen LogP contribution in [0, 0.1) is 3.70 Å². The molecule has 0 aliphatic heterocycles. The Hall–Kier alpha value is -0.890. The fraction of sp³-hybridized carbons (Fsp3) is 0.118. The molecule has 2 nitrogen and oxygen atoms in total. The molecule has 0 spiro atoms. The average Bonchev–Trinajstić information content (AvgIpc) is 2.95. The molecule has 0 radical (unpaired) electrons. The monoisotopic (exact) mass is 439 g/mol. The first-order chi connectivity index (χ1) is 10.7. The van der Waals surface area contributed by atoms with E-state index in [4.69, 9.17) is 0 Å². The second-order valence-corrected chi connectivity index (χ2v) is 8.36. The van der Waals surface area contributed by atoms with Crippen molar-refractivity contribution in [3.8, 4) is 0 Å². The van der Waals surface area contributed by atoms with Gasteiger partial charge in [0.25, 0.3) is 0 Å². The van der Waals surface area contributed by atoms with Gasteiger partial charge in [-0.25, -0.2) is 4.98 Å². The number of halogens is 1. The maximum atomic E-state index is 13.0. The van der Waals surface area contributed by atoms with Crippen molar-refractivity contribution >= 4 is 45.1 Å². The van der Waals surface area contributed by atoms with Gasteiger partial charge >= 0.3 is 0 Å². The van der Waals surface area contributed by atoms with Crippen LogP contribution >= 0.6 is 33.9 Å². The number of benzene rings is 2. The van der Waals surface area contributed by atoms with Crippen LogP contribution in [0.25, 0.3) is 0 Å². The Kier molecular flexibility index (Phi) is 5.51. The van der Waals surface area contributed by atoms with Crippen molar-refractivity contribution in [2.75, 3.05) is 0 Å². The van der Waals surface area contributed by atoms with E-state index in [2.05, 4.69) is 27.6 Å². The molecule has 0 saturated carbocycles. The number of thiazole rings is 1. The summed E-state index contributed by atoms with van der Waals surface area (Å²) in [7, 11) is 0. The second-order valence-electron chi connectivity index (χ2n) is 4.79. The molecule has 3 rings (SSSR count). The standard InChI is InChI=1S/C17H14INOS2/c18-15-11-21-16(19-15)12-22(20)17(13-7-3-1-4-8-13)14-9-5-2-6-10-14/h1-11,17H,12H2. The van der Waals surface area contributed by atoms with Gasteiger partial charge in [-0.3, -0.25) is 0 Å². The minimum absolute atomic E-state index is 0.121. The van der Waals surface area contributed by atoms with Crippen molar-refractivity contribution in [3.63, 3.8) is 0 Å². The topological polar surface area (TPSA) is 36.0 Å². The lowest BCUT2D eigenvalue weighted by atomic mass is 10.0. The van der Waals surface area contributed by atoms with Crippen LogP contribution in [0.2, 0.25) is 0 Å². The fourth-order valence-electron chi connectivity index (χ4n) is 2.31. The van der Waals surface area contributed by atoms with Crippen LogP contribution in [0.5, 0.6) is 0 Å². The molecule has 2 aromatic carbocycles. The molecule has 1 aromatic heterocycles. The Bertz CT molecular complexity index is 678. The van der Waals surface area contributed by atoms with Crippen molar-refractivity contribution < 1.29 is 4.55 Å². The number of hydrogen-bond donors (Lipinski definition) is 0. The molecule has 0 saturated heterocycles. The lowest BCUT2D eigenvalue weighted by Crippen LogP contribution is -2.17. The highest BCUT2D eigenvalue weighted by Gasteiger charge is 2.27. The van der Waals surface area contributed by atoms with Crippen LogP contribution in [-0.2, 0) is 16.9 Å². The summed E-state index contributed by atoms with van der Waals surface area (Å²) in [5.74, 6) is 0.488. The number of hydrogen-bond acceptors (Lipinski definition) is 3. The first-order valence-corrected chi connectivity index (χ1v) is 10.1. The fourth-order valence-corrected chi connectivity index (χ4v) is 5.60. The van der Waals surface area contributed by atoms with Crippen molar-refractivity contribution in [3.05, 3.63) is 85.9 Å². The van der Waals surface area contributed by atoms with E-state index < -0.39 is 11.2 Å². The van der Waals surface area contributed by atoms with E-state index in [0.717, 1.165) is 19.8 Å². The summed E-state index contributed by atoms with van der Waals surface area (Å²) < 4.78 is 14.0. The van der Waals surface area contributed by atoms with E-state index in [1.54, 1.807) is 11.3 Å². The number of aromatic nitrogens is 1. The maximum absolute atomic E-state index is 13.0. The van der Waals surface area contributed by atoms with E-state index in [1.165, 1.54) is 0 Å². The minimum Gasteiger partial charge on any atom is -0.615 e. The Morgan fingerprint density at radius 2 is 1.55 bits per heavy atom. The van der Waals surface area contributed by atoms with E-state index >= 15 is 0 Å². The van der Waals surface area contributed by atoms with Crippen LogP contribution in [0.1, 0.15) is 21.4 Å². The highest BCUT2D eigenvalue weighted by molar-refractivity contribution is 14.1. The van der Waals surface area contributed by atoms with Gasteiger partial charge in [-0.15, -0.1) is 11.3 Å². The summed E-state index contributed by atoms with van der Waals surface area (Å²) in [5.41, 5.74) is 2.16. The van der Waals surface area contributed by atoms with Gasteiger partial charge in [0.2, 0.25) is 0 Å². The molecule has 1 atom stereocenters. The van der Waals surface area contributed by atoms with E-state index in [0.29, 0.717) is 5.75 Å². The van der Waals surface area contributed by atoms with E-state index in [1.807, 2.05) is 66.0 Å². The summed E-state index contributed by atoms with van der Waals surface area (Å²) in [4.78, 5) is 4.43. The van der Waals surface area contributed by atoms with Crippen molar-refractivity contribution in [1.82, 2.24) is 4.98 Å². The van der Waals surface area contributed by atoms with Crippen LogP contribution in [0.3, 0.4) is 0 Å². The summed E-state index contributed by atoms with van der Waals surface area (Å²) in [6, 6.07) is 20.1. The predicted molar refractivity (Wildman–Crippen MR) is 101 cm³/mol. The molecule has 1 heterocycles. The average molecular weight is 439 g/mol. The Morgan fingerprint density at radius 1 is 1.00 bits per heavy atom. The zero-order chi connectivity index (χ0) is 15.4. The van der Waals surface area contributed by atoms with Crippen LogP contribution in [0.15, 0.2) is 66.0 Å². The first kappa shape index (κ1) is 16.0. The normalized spacial score (nSPS) is 12.5. The van der Waals surface area contributed by atoms with Crippen LogP contribution in [0.4, 0.5) is 0 Å². The lowest BCUT2D eigenvalue weighted by Gasteiger charge is -2.22. The molecule has 0 fully saturated rings. The Morgan fingerprint density at radius 3 is 2.00 bits per heavy atom. The molecule has 3 aromatic rings. The van der Waals surface area contributed by atoms with E-state index in [9.17, 15) is 4.55 Å². The zero-order valence-electron chi connectivity index (χ0n) is 11.7. The Balaban J connectivity index is 1.91. The van der Waals surface area contributed by atoms with Gasteiger partial charge < -0.3 is 4.55 Å². The zero-order valence-corrected chi connectivity index (χ0v) is 15.5. The first-order valence-electron chi connectivity index (χ1n) is 6.81. The SMILES string of the molecule is [O-][S+](Cc1nc(I)cs1)C(c1ccccc1)c1ccccc1. The highest BCUT2D eigenvalue weighted by Crippen LogP contribution is 2.33. The molecule has 5 heteroatoms. The number of nitrogens with zero attached hydrogens (tertiary/aromatic N) is 1. The molecule has 1 unspecified atom stereocenters. The Labute approximate surface area is 150 Å². The van der Waals surface area contributed by atoms with Gasteiger partial charge in [0.15, 0.2) is 11.0 Å². The third kappa shape index (κ3) is 3.90. The van der Waals surface area contributed by atoms with Gasteiger partial charge in [-0.2, -0.15) is 0 Å². The smallest absolute Gasteiger partial charge is 0.166 e. The third-order valence-corrected chi connectivity index (χ3v) is 6.89. The summed E-state index contributed by atoms with van der Waals surface area (Å²) in [6.07, 6.45) is 0. The van der Waals surface area contributed by atoms with Crippen LogP contribution < -0.4 is 0 Å². The summed E-state index contributed by atoms with van der Waals surface area (Å²) in [6.45, 7) is 0. The molecule has 112 valence electrons. The van der Waals surface area contributed by atoms with Crippen molar-refractivity contribution in [2.24, 2.45) is 0 Å². The molecule has 0 amide bonds. The van der Waals surface area contributed by atoms with Gasteiger partial charge in [0.05, 0.1) is 0 Å². The molecule has 0 aliphatic carbocycles. The summed E-state index contributed by atoms with van der Waals surface area (Å²) >= 11 is 2.71. The van der Waals surface area contributed by atoms with Crippen molar-refractivity contribution in [1.29, 1.82) is 0 Å². The third-order valence-electron chi connectivity index (χ3n) is 3.26. The quantitative estimate of drug-likeness (QED) is 0.424. The highest BCUT2D eigenvalue weighted by atomic mass is 127. The second kappa shape index (κ2) is 7.59. The van der Waals surface area contributed by atoms with Crippen molar-refractivity contribution in [2.45, 2.75) is 11.0 Å². The van der Waals surface area contributed by atoms with Gasteiger partial charge in [0, 0.05) is 16.5 Å². The largest absolute Gasteiger partial charge is 0.615 e. The molecule has 0 aliphatic rings. The molecular weight excluding hydrogens is 425 g/mol. The molecule has 0 N–H and O–H groups in total. The number of rotatable bonds is 5. The van der Waals surface area contributed by atoms with Gasteiger partial charge in [-0.1, -0.05) is 60.7 Å². The van der Waals surface area contributed by atoms with E-state index in [-0.39, 0.29) is 5.25 Å². The molecule has 22 heavy (non-hydrogen) atoms. The summed E-state index contributed by atoms with van der Waals surface area (Å²) in [5, 5.41) is 2.80. The van der Waals surface area contributed by atoms with Gasteiger partial charge in [0.1, 0.15) is 8.71 Å². The molecular formula is C17H14INOS2. The molecule has 0 bridgehead atoms. The van der Waals surface area contributed by atoms with Gasteiger partial charge in [-0.05, 0) is 33.8 Å². The minimum atomic E-state index is -1.05. The maximum Gasteiger partial charge on any atom is 0.166 e.